The first-order chi connectivity index (χ1) is 11.7. The van der Waals surface area contributed by atoms with E-state index in [4.69, 9.17) is 5.21 Å². The van der Waals surface area contributed by atoms with E-state index in [-0.39, 0.29) is 0 Å². The fourth-order valence-corrected chi connectivity index (χ4v) is 3.52. The van der Waals surface area contributed by atoms with Gasteiger partial charge in [0.25, 0.3) is 5.91 Å². The van der Waals surface area contributed by atoms with Crippen molar-refractivity contribution in [1.82, 2.24) is 10.5 Å². The summed E-state index contributed by atoms with van der Waals surface area (Å²) in [6.45, 7) is 0. The third-order valence-electron chi connectivity index (χ3n) is 4.70. The van der Waals surface area contributed by atoms with Gasteiger partial charge in [-0.25, -0.2) is 5.48 Å². The lowest BCUT2D eigenvalue weighted by Crippen LogP contribution is -2.27. The highest BCUT2D eigenvalue weighted by Crippen LogP contribution is 2.31. The second-order valence-corrected chi connectivity index (χ2v) is 6.23. The van der Waals surface area contributed by atoms with Crippen molar-refractivity contribution >= 4 is 22.5 Å². The maximum Gasteiger partial charge on any atom is 0.274 e. The SMILES string of the molecule is O=C(NO)c1ccc2[nH]c3c(c2c1)CC(Nc1ccccc1)CC3. The summed E-state index contributed by atoms with van der Waals surface area (Å²) in [4.78, 5) is 15.1. The molecule has 1 heterocycles. The number of aromatic nitrogens is 1. The minimum atomic E-state index is -0.485. The summed E-state index contributed by atoms with van der Waals surface area (Å²) in [5.74, 6) is -0.485. The molecule has 0 fully saturated rings. The first kappa shape index (κ1) is 14.8. The molecule has 1 aliphatic rings. The molecule has 0 saturated carbocycles. The molecule has 24 heavy (non-hydrogen) atoms. The number of aryl methyl sites for hydroxylation is 1. The zero-order valence-electron chi connectivity index (χ0n) is 13.2. The van der Waals surface area contributed by atoms with Gasteiger partial charge in [-0.05, 0) is 55.2 Å². The quantitative estimate of drug-likeness (QED) is 0.442. The van der Waals surface area contributed by atoms with E-state index in [1.165, 1.54) is 11.3 Å². The van der Waals surface area contributed by atoms with Crippen molar-refractivity contribution in [2.45, 2.75) is 25.3 Å². The molecule has 1 atom stereocenters. The average Bonchev–Trinajstić information content (AvgIpc) is 2.99. The Hall–Kier alpha value is -2.79. The highest BCUT2D eigenvalue weighted by Gasteiger charge is 2.23. The number of fused-ring (bicyclic) bond motifs is 3. The topological polar surface area (TPSA) is 77.2 Å². The number of hydrogen-bond acceptors (Lipinski definition) is 3. The summed E-state index contributed by atoms with van der Waals surface area (Å²) in [6, 6.07) is 16.1. The van der Waals surface area contributed by atoms with Crippen LogP contribution in [0.1, 0.15) is 28.0 Å². The molecule has 1 unspecified atom stereocenters. The molecule has 1 aliphatic carbocycles. The molecule has 5 heteroatoms. The Morgan fingerprint density at radius 3 is 2.79 bits per heavy atom. The summed E-state index contributed by atoms with van der Waals surface area (Å²) in [7, 11) is 0. The van der Waals surface area contributed by atoms with Gasteiger partial charge < -0.3 is 10.3 Å². The molecule has 1 aromatic heterocycles. The number of nitrogens with one attached hydrogen (secondary N) is 3. The molecule has 4 N–H and O–H groups in total. The highest BCUT2D eigenvalue weighted by molar-refractivity contribution is 5.98. The summed E-state index contributed by atoms with van der Waals surface area (Å²) < 4.78 is 0. The fourth-order valence-electron chi connectivity index (χ4n) is 3.52. The van der Waals surface area contributed by atoms with Crippen molar-refractivity contribution in [3.63, 3.8) is 0 Å². The second-order valence-electron chi connectivity index (χ2n) is 6.23. The van der Waals surface area contributed by atoms with Gasteiger partial charge in [-0.1, -0.05) is 18.2 Å². The first-order valence-corrected chi connectivity index (χ1v) is 8.14. The minimum absolute atomic E-state index is 0.370. The van der Waals surface area contributed by atoms with Crippen LogP contribution >= 0.6 is 0 Å². The van der Waals surface area contributed by atoms with Crippen LogP contribution in [0.3, 0.4) is 0 Å². The van der Waals surface area contributed by atoms with Gasteiger partial charge in [0, 0.05) is 33.9 Å². The Labute approximate surface area is 139 Å². The molecule has 0 radical (unpaired) electrons. The molecule has 0 saturated heterocycles. The van der Waals surface area contributed by atoms with Gasteiger partial charge in [0.05, 0.1) is 0 Å². The van der Waals surface area contributed by atoms with Gasteiger partial charge in [-0.2, -0.15) is 0 Å². The molecular weight excluding hydrogens is 302 g/mol. The molecule has 0 bridgehead atoms. The van der Waals surface area contributed by atoms with Gasteiger partial charge in [-0.15, -0.1) is 0 Å². The number of rotatable bonds is 3. The number of carbonyl (C=O) groups is 1. The third-order valence-corrected chi connectivity index (χ3v) is 4.70. The Morgan fingerprint density at radius 2 is 2.00 bits per heavy atom. The van der Waals surface area contributed by atoms with Crippen LogP contribution in [0.25, 0.3) is 10.9 Å². The van der Waals surface area contributed by atoms with Gasteiger partial charge in [0.2, 0.25) is 0 Å². The van der Waals surface area contributed by atoms with Crippen molar-refractivity contribution in [1.29, 1.82) is 0 Å². The van der Waals surface area contributed by atoms with Crippen LogP contribution in [-0.4, -0.2) is 22.1 Å². The lowest BCUT2D eigenvalue weighted by Gasteiger charge is -2.24. The number of aromatic amines is 1. The Kier molecular flexibility index (Phi) is 3.70. The lowest BCUT2D eigenvalue weighted by molar-refractivity contribution is 0.0706. The predicted octanol–water partition coefficient (Wildman–Crippen LogP) is 3.26. The Bertz CT molecular complexity index is 886. The summed E-state index contributed by atoms with van der Waals surface area (Å²) in [5.41, 5.74) is 6.84. The smallest absolute Gasteiger partial charge is 0.274 e. The second kappa shape index (κ2) is 6.02. The molecule has 1 amide bonds. The number of amides is 1. The molecular formula is C19H19N3O2. The summed E-state index contributed by atoms with van der Waals surface area (Å²) in [5, 5.41) is 13.5. The van der Waals surface area contributed by atoms with Crippen LogP contribution in [0, 0.1) is 0 Å². The minimum Gasteiger partial charge on any atom is -0.382 e. The van der Waals surface area contributed by atoms with Crippen molar-refractivity contribution in [3.8, 4) is 0 Å². The molecule has 0 spiro atoms. The fraction of sp³-hybridized carbons (Fsp3) is 0.211. The van der Waals surface area contributed by atoms with Gasteiger partial charge in [-0.3, -0.25) is 10.0 Å². The third kappa shape index (κ3) is 2.63. The number of hydrogen-bond donors (Lipinski definition) is 4. The first-order valence-electron chi connectivity index (χ1n) is 8.14. The lowest BCUT2D eigenvalue weighted by atomic mass is 9.91. The summed E-state index contributed by atoms with van der Waals surface area (Å²) >= 11 is 0. The van der Waals surface area contributed by atoms with Crippen LogP contribution in [-0.2, 0) is 12.8 Å². The molecule has 2 aromatic carbocycles. The van der Waals surface area contributed by atoms with E-state index in [1.807, 2.05) is 30.3 Å². The van der Waals surface area contributed by atoms with Crippen molar-refractivity contribution < 1.29 is 10.0 Å². The Morgan fingerprint density at radius 1 is 1.17 bits per heavy atom. The van der Waals surface area contributed by atoms with E-state index in [2.05, 4.69) is 22.4 Å². The molecule has 122 valence electrons. The summed E-state index contributed by atoms with van der Waals surface area (Å²) in [6.07, 6.45) is 2.96. The number of benzene rings is 2. The van der Waals surface area contributed by atoms with Crippen LogP contribution in [0.5, 0.6) is 0 Å². The molecule has 5 nitrogen and oxygen atoms in total. The van der Waals surface area contributed by atoms with E-state index < -0.39 is 5.91 Å². The molecule has 0 aliphatic heterocycles. The standard InChI is InChI=1S/C19H19N3O2/c23-19(22-24)12-6-8-17-15(10-12)16-11-14(7-9-18(16)21-17)20-13-4-2-1-3-5-13/h1-6,8,10,14,20-21,24H,7,9,11H2,(H,22,23). The molecule has 3 aromatic rings. The maximum absolute atomic E-state index is 11.7. The maximum atomic E-state index is 11.7. The van der Waals surface area contributed by atoms with Crippen LogP contribution < -0.4 is 10.8 Å². The van der Waals surface area contributed by atoms with E-state index in [0.717, 1.165) is 35.9 Å². The number of anilines is 1. The van der Waals surface area contributed by atoms with Crippen LogP contribution in [0.15, 0.2) is 48.5 Å². The molecule has 4 rings (SSSR count). The predicted molar refractivity (Wildman–Crippen MR) is 93.4 cm³/mol. The number of para-hydroxylation sites is 1. The highest BCUT2D eigenvalue weighted by atomic mass is 16.5. The monoisotopic (exact) mass is 321 g/mol. The van der Waals surface area contributed by atoms with Crippen molar-refractivity contribution in [2.24, 2.45) is 0 Å². The van der Waals surface area contributed by atoms with Gasteiger partial charge >= 0.3 is 0 Å². The number of H-pyrrole nitrogens is 1. The van der Waals surface area contributed by atoms with Crippen molar-refractivity contribution in [3.05, 3.63) is 65.4 Å². The van der Waals surface area contributed by atoms with E-state index >= 15 is 0 Å². The van der Waals surface area contributed by atoms with E-state index in [1.54, 1.807) is 11.5 Å². The van der Waals surface area contributed by atoms with Crippen LogP contribution in [0.2, 0.25) is 0 Å². The number of carbonyl (C=O) groups excluding carboxylic acids is 1. The Balaban J connectivity index is 1.65. The van der Waals surface area contributed by atoms with Gasteiger partial charge in [0.1, 0.15) is 0 Å². The van der Waals surface area contributed by atoms with Crippen molar-refractivity contribution in [2.75, 3.05) is 5.32 Å². The van der Waals surface area contributed by atoms with E-state index in [9.17, 15) is 4.79 Å². The average molecular weight is 321 g/mol. The zero-order valence-corrected chi connectivity index (χ0v) is 13.2. The zero-order chi connectivity index (χ0) is 16.5. The van der Waals surface area contributed by atoms with Gasteiger partial charge in [0.15, 0.2) is 0 Å². The largest absolute Gasteiger partial charge is 0.382 e. The normalized spacial score (nSPS) is 16.6. The van der Waals surface area contributed by atoms with Crippen LogP contribution in [0.4, 0.5) is 5.69 Å². The number of hydroxylamine groups is 1. The van der Waals surface area contributed by atoms with E-state index in [0.29, 0.717) is 11.6 Å².